The van der Waals surface area contributed by atoms with Crippen LogP contribution in [0.2, 0.25) is 0 Å². The molecule has 94 valence electrons. The average molecular weight is 239 g/mol. The van der Waals surface area contributed by atoms with Gasteiger partial charge >= 0.3 is 0 Å². The van der Waals surface area contributed by atoms with Crippen molar-refractivity contribution in [1.82, 2.24) is 0 Å². The van der Waals surface area contributed by atoms with Gasteiger partial charge in [-0.2, -0.15) is 0 Å². The fraction of sp³-hybridized carbons (Fsp3) is 0.455. The van der Waals surface area contributed by atoms with E-state index in [1.807, 2.05) is 0 Å². The number of hydrogen-bond donors (Lipinski definition) is 2. The molecule has 0 unspecified atom stereocenters. The fourth-order valence-corrected chi connectivity index (χ4v) is 1.38. The maximum Gasteiger partial charge on any atom is 0.269 e. The molecule has 6 nitrogen and oxygen atoms in total. The highest BCUT2D eigenvalue weighted by atomic mass is 16.6. The molecule has 0 aromatic heterocycles. The third kappa shape index (κ3) is 4.01. The summed E-state index contributed by atoms with van der Waals surface area (Å²) >= 11 is 0. The minimum Gasteiger partial charge on any atom is -0.377 e. The van der Waals surface area contributed by atoms with Crippen molar-refractivity contribution in [2.75, 3.05) is 12.0 Å². The van der Waals surface area contributed by atoms with Crippen molar-refractivity contribution in [1.29, 1.82) is 0 Å². The van der Waals surface area contributed by atoms with Gasteiger partial charge in [-0.25, -0.2) is 0 Å². The molecule has 0 amide bonds. The Morgan fingerprint density at radius 1 is 1.53 bits per heavy atom. The molecular weight excluding hydrogens is 222 g/mol. The lowest BCUT2D eigenvalue weighted by molar-refractivity contribution is -0.384. The lowest BCUT2D eigenvalue weighted by atomic mass is 10.1. The van der Waals surface area contributed by atoms with Gasteiger partial charge in [-0.15, -0.1) is 0 Å². The normalized spacial score (nSPS) is 10.2. The average Bonchev–Trinajstić information content (AvgIpc) is 2.34. The monoisotopic (exact) mass is 239 g/mol. The molecule has 6 heteroatoms. The van der Waals surface area contributed by atoms with E-state index in [4.69, 9.17) is 10.6 Å². The first kappa shape index (κ1) is 13.4. The SMILES string of the molecule is CCCCOCc1cc([N+](=O)[O-])ccc1NN. The molecule has 1 aromatic rings. The summed E-state index contributed by atoms with van der Waals surface area (Å²) in [5, 5.41) is 10.6. The molecule has 1 aromatic carbocycles. The van der Waals surface area contributed by atoms with Gasteiger partial charge in [0.1, 0.15) is 0 Å². The van der Waals surface area contributed by atoms with Gasteiger partial charge in [-0.3, -0.25) is 16.0 Å². The number of hydrazine groups is 1. The third-order valence-corrected chi connectivity index (χ3v) is 2.35. The Labute approximate surface area is 99.9 Å². The number of nitrogen functional groups attached to an aromatic ring is 1. The number of nitrogens with zero attached hydrogens (tertiary/aromatic N) is 1. The maximum atomic E-state index is 10.6. The molecule has 0 saturated heterocycles. The molecule has 0 aliphatic carbocycles. The summed E-state index contributed by atoms with van der Waals surface area (Å²) in [6, 6.07) is 4.46. The molecule has 0 saturated carbocycles. The molecule has 0 aliphatic rings. The summed E-state index contributed by atoms with van der Waals surface area (Å²) in [6.07, 6.45) is 2.03. The maximum absolute atomic E-state index is 10.6. The van der Waals surface area contributed by atoms with Crippen LogP contribution in [0.1, 0.15) is 25.3 Å². The molecule has 0 fully saturated rings. The topological polar surface area (TPSA) is 90.4 Å². The highest BCUT2D eigenvalue weighted by molar-refractivity contribution is 5.55. The van der Waals surface area contributed by atoms with Crippen LogP contribution in [-0.2, 0) is 11.3 Å². The van der Waals surface area contributed by atoms with Crippen LogP contribution in [0.25, 0.3) is 0 Å². The Morgan fingerprint density at radius 2 is 2.29 bits per heavy atom. The van der Waals surface area contributed by atoms with Gasteiger partial charge in [-0.1, -0.05) is 13.3 Å². The van der Waals surface area contributed by atoms with Gasteiger partial charge < -0.3 is 10.2 Å². The van der Waals surface area contributed by atoms with E-state index < -0.39 is 4.92 Å². The van der Waals surface area contributed by atoms with E-state index in [1.165, 1.54) is 12.1 Å². The standard InChI is InChI=1S/C11H17N3O3/c1-2-3-6-17-8-9-7-10(14(15)16)4-5-11(9)13-12/h4-5,7,13H,2-3,6,8,12H2,1H3. The van der Waals surface area contributed by atoms with Gasteiger partial charge in [0.2, 0.25) is 0 Å². The minimum absolute atomic E-state index is 0.0399. The van der Waals surface area contributed by atoms with Crippen LogP contribution >= 0.6 is 0 Å². The second-order valence-corrected chi connectivity index (χ2v) is 3.65. The molecule has 0 bridgehead atoms. The number of nitro groups is 1. The van der Waals surface area contributed by atoms with Crippen LogP contribution in [0, 0.1) is 10.1 Å². The first-order valence-corrected chi connectivity index (χ1v) is 5.50. The van der Waals surface area contributed by atoms with Crippen molar-refractivity contribution in [2.24, 2.45) is 5.84 Å². The van der Waals surface area contributed by atoms with E-state index in [2.05, 4.69) is 12.3 Å². The van der Waals surface area contributed by atoms with Crippen molar-refractivity contribution in [3.8, 4) is 0 Å². The predicted octanol–water partition coefficient (Wildman–Crippen LogP) is 2.20. The fourth-order valence-electron chi connectivity index (χ4n) is 1.38. The van der Waals surface area contributed by atoms with Crippen LogP contribution in [0.15, 0.2) is 18.2 Å². The first-order valence-electron chi connectivity index (χ1n) is 5.50. The lowest BCUT2D eigenvalue weighted by Gasteiger charge is -2.09. The molecule has 17 heavy (non-hydrogen) atoms. The largest absolute Gasteiger partial charge is 0.377 e. The summed E-state index contributed by atoms with van der Waals surface area (Å²) in [5.74, 6) is 5.33. The zero-order valence-electron chi connectivity index (χ0n) is 9.81. The molecule has 1 rings (SSSR count). The first-order chi connectivity index (χ1) is 8.19. The van der Waals surface area contributed by atoms with Gasteiger partial charge in [0.25, 0.3) is 5.69 Å². The van der Waals surface area contributed by atoms with E-state index in [9.17, 15) is 10.1 Å². The Kier molecular flexibility index (Phi) is 5.38. The molecule has 0 heterocycles. The molecular formula is C11H17N3O3. The number of nitro benzene ring substituents is 1. The van der Waals surface area contributed by atoms with Gasteiger partial charge in [-0.05, 0) is 12.5 Å². The number of anilines is 1. The summed E-state index contributed by atoms with van der Waals surface area (Å²) in [7, 11) is 0. The summed E-state index contributed by atoms with van der Waals surface area (Å²) in [5.41, 5.74) is 3.88. The third-order valence-electron chi connectivity index (χ3n) is 2.35. The van der Waals surface area contributed by atoms with E-state index in [0.717, 1.165) is 12.8 Å². The number of nitrogens with one attached hydrogen (secondary N) is 1. The zero-order valence-corrected chi connectivity index (χ0v) is 9.81. The van der Waals surface area contributed by atoms with Crippen LogP contribution < -0.4 is 11.3 Å². The number of nitrogens with two attached hydrogens (primary N) is 1. The highest BCUT2D eigenvalue weighted by Gasteiger charge is 2.10. The number of rotatable bonds is 7. The number of unbranched alkanes of at least 4 members (excludes halogenated alkanes) is 1. The molecule has 0 spiro atoms. The Balaban J connectivity index is 2.72. The van der Waals surface area contributed by atoms with Crippen LogP contribution in [0.3, 0.4) is 0 Å². The Hall–Kier alpha value is -1.66. The summed E-state index contributed by atoms with van der Waals surface area (Å²) in [4.78, 5) is 10.2. The second-order valence-electron chi connectivity index (χ2n) is 3.65. The Morgan fingerprint density at radius 3 is 2.88 bits per heavy atom. The van der Waals surface area contributed by atoms with Crippen LogP contribution in [-0.4, -0.2) is 11.5 Å². The quantitative estimate of drug-likeness (QED) is 0.329. The van der Waals surface area contributed by atoms with Gasteiger partial charge in [0, 0.05) is 24.3 Å². The van der Waals surface area contributed by atoms with Crippen molar-refractivity contribution in [3.63, 3.8) is 0 Å². The van der Waals surface area contributed by atoms with Crippen molar-refractivity contribution in [3.05, 3.63) is 33.9 Å². The van der Waals surface area contributed by atoms with Gasteiger partial charge in [0.15, 0.2) is 0 Å². The van der Waals surface area contributed by atoms with Gasteiger partial charge in [0.05, 0.1) is 17.2 Å². The molecule has 0 atom stereocenters. The van der Waals surface area contributed by atoms with Crippen LogP contribution in [0.4, 0.5) is 11.4 Å². The Bertz CT molecular complexity index is 382. The van der Waals surface area contributed by atoms with E-state index >= 15 is 0 Å². The molecule has 0 radical (unpaired) electrons. The number of benzene rings is 1. The van der Waals surface area contributed by atoms with Crippen molar-refractivity contribution >= 4 is 11.4 Å². The summed E-state index contributed by atoms with van der Waals surface area (Å²) in [6.45, 7) is 3.04. The predicted molar refractivity (Wildman–Crippen MR) is 65.5 cm³/mol. The minimum atomic E-state index is -0.435. The summed E-state index contributed by atoms with van der Waals surface area (Å²) < 4.78 is 5.42. The van der Waals surface area contributed by atoms with Crippen molar-refractivity contribution < 1.29 is 9.66 Å². The van der Waals surface area contributed by atoms with Crippen LogP contribution in [0.5, 0.6) is 0 Å². The molecule has 0 aliphatic heterocycles. The van der Waals surface area contributed by atoms with E-state index in [-0.39, 0.29) is 5.69 Å². The zero-order chi connectivity index (χ0) is 12.7. The molecule has 3 N–H and O–H groups in total. The highest BCUT2D eigenvalue weighted by Crippen LogP contribution is 2.22. The lowest BCUT2D eigenvalue weighted by Crippen LogP contribution is -2.10. The number of ether oxygens (including phenoxy) is 1. The van der Waals surface area contributed by atoms with E-state index in [1.54, 1.807) is 6.07 Å². The number of hydrogen-bond acceptors (Lipinski definition) is 5. The second kappa shape index (κ2) is 6.82. The van der Waals surface area contributed by atoms with E-state index in [0.29, 0.717) is 24.5 Å². The smallest absolute Gasteiger partial charge is 0.269 e. The number of non-ortho nitro benzene ring substituents is 1. The van der Waals surface area contributed by atoms with Crippen molar-refractivity contribution in [2.45, 2.75) is 26.4 Å².